The van der Waals surface area contributed by atoms with Crippen molar-refractivity contribution in [3.63, 3.8) is 0 Å². The van der Waals surface area contributed by atoms with Gasteiger partial charge in [-0.25, -0.2) is 0 Å². The second-order valence-electron chi connectivity index (χ2n) is 8.41. The van der Waals surface area contributed by atoms with E-state index in [9.17, 15) is 5.11 Å². The Hall–Kier alpha value is -0.120. The van der Waals surface area contributed by atoms with Gasteiger partial charge in [0.15, 0.2) is 0 Å². The number of aliphatic hydroxyl groups is 1. The van der Waals surface area contributed by atoms with Crippen molar-refractivity contribution in [2.45, 2.75) is 83.4 Å². The SMILES string of the molecule is CC1(C)CCC(O)C(N2CCC(N3CCCCC3)CC2)C1. The van der Waals surface area contributed by atoms with Crippen LogP contribution in [0, 0.1) is 5.41 Å². The lowest BCUT2D eigenvalue weighted by atomic mass is 9.73. The van der Waals surface area contributed by atoms with Crippen LogP contribution in [-0.4, -0.2) is 59.3 Å². The first kappa shape index (κ1) is 15.8. The molecule has 3 fully saturated rings. The Morgan fingerprint density at radius 1 is 0.857 bits per heavy atom. The number of hydrogen-bond acceptors (Lipinski definition) is 3. The summed E-state index contributed by atoms with van der Waals surface area (Å²) in [7, 11) is 0. The molecule has 3 aliphatic rings. The van der Waals surface area contributed by atoms with Crippen LogP contribution in [0.15, 0.2) is 0 Å². The highest BCUT2D eigenvalue weighted by Crippen LogP contribution is 2.38. The number of rotatable bonds is 2. The highest BCUT2D eigenvalue weighted by atomic mass is 16.3. The van der Waals surface area contributed by atoms with Crippen molar-refractivity contribution in [3.05, 3.63) is 0 Å². The Balaban J connectivity index is 1.52. The molecule has 3 nitrogen and oxygen atoms in total. The van der Waals surface area contributed by atoms with Crippen LogP contribution < -0.4 is 0 Å². The largest absolute Gasteiger partial charge is 0.391 e. The summed E-state index contributed by atoms with van der Waals surface area (Å²) in [6, 6.07) is 1.23. The number of piperidine rings is 2. The van der Waals surface area contributed by atoms with Crippen molar-refractivity contribution < 1.29 is 5.11 Å². The minimum atomic E-state index is -0.0930. The van der Waals surface area contributed by atoms with E-state index in [0.29, 0.717) is 11.5 Å². The molecule has 0 amide bonds. The molecule has 2 saturated heterocycles. The Morgan fingerprint density at radius 3 is 2.19 bits per heavy atom. The van der Waals surface area contributed by atoms with Crippen LogP contribution >= 0.6 is 0 Å². The third-order valence-electron chi connectivity index (χ3n) is 6.20. The van der Waals surface area contributed by atoms with Gasteiger partial charge in [0, 0.05) is 25.2 Å². The smallest absolute Gasteiger partial charge is 0.0695 e. The maximum Gasteiger partial charge on any atom is 0.0695 e. The van der Waals surface area contributed by atoms with E-state index >= 15 is 0 Å². The fourth-order valence-electron chi connectivity index (χ4n) is 4.77. The average Bonchev–Trinajstić information content (AvgIpc) is 2.51. The van der Waals surface area contributed by atoms with Gasteiger partial charge < -0.3 is 10.0 Å². The molecule has 0 spiro atoms. The first-order chi connectivity index (χ1) is 10.1. The van der Waals surface area contributed by atoms with Gasteiger partial charge in [-0.1, -0.05) is 20.3 Å². The van der Waals surface area contributed by atoms with Crippen molar-refractivity contribution in [2.75, 3.05) is 26.2 Å². The Kier molecular flexibility index (Phi) is 4.92. The zero-order chi connectivity index (χ0) is 14.9. The van der Waals surface area contributed by atoms with Crippen LogP contribution in [0.3, 0.4) is 0 Å². The molecule has 3 rings (SSSR count). The van der Waals surface area contributed by atoms with Gasteiger partial charge in [-0.15, -0.1) is 0 Å². The van der Waals surface area contributed by atoms with Crippen molar-refractivity contribution >= 4 is 0 Å². The number of hydrogen-bond donors (Lipinski definition) is 1. The molecule has 1 N–H and O–H groups in total. The Labute approximate surface area is 130 Å². The lowest BCUT2D eigenvalue weighted by molar-refractivity contribution is -0.0343. The lowest BCUT2D eigenvalue weighted by Gasteiger charge is -2.47. The van der Waals surface area contributed by atoms with Gasteiger partial charge in [-0.05, 0) is 63.5 Å². The molecular weight excluding hydrogens is 260 g/mol. The van der Waals surface area contributed by atoms with Crippen LogP contribution in [0.25, 0.3) is 0 Å². The van der Waals surface area contributed by atoms with Crippen molar-refractivity contribution in [2.24, 2.45) is 5.41 Å². The van der Waals surface area contributed by atoms with Gasteiger partial charge in [0.1, 0.15) is 0 Å². The van der Waals surface area contributed by atoms with E-state index in [4.69, 9.17) is 0 Å². The second-order valence-corrected chi connectivity index (χ2v) is 8.41. The van der Waals surface area contributed by atoms with Crippen LogP contribution in [0.4, 0.5) is 0 Å². The molecule has 2 heterocycles. The molecule has 2 atom stereocenters. The fraction of sp³-hybridized carbons (Fsp3) is 1.00. The summed E-state index contributed by atoms with van der Waals surface area (Å²) in [6.07, 6.45) is 10.1. The van der Waals surface area contributed by atoms with Gasteiger partial charge in [0.2, 0.25) is 0 Å². The summed E-state index contributed by atoms with van der Waals surface area (Å²) in [4.78, 5) is 5.34. The maximum absolute atomic E-state index is 10.4. The summed E-state index contributed by atoms with van der Waals surface area (Å²) in [5.41, 5.74) is 0.410. The second kappa shape index (κ2) is 6.55. The van der Waals surface area contributed by atoms with Gasteiger partial charge in [-0.3, -0.25) is 4.90 Å². The molecule has 21 heavy (non-hydrogen) atoms. The van der Waals surface area contributed by atoms with E-state index in [2.05, 4.69) is 23.6 Å². The first-order valence-corrected chi connectivity index (χ1v) is 9.21. The molecule has 0 radical (unpaired) electrons. The molecule has 0 aromatic rings. The van der Waals surface area contributed by atoms with Crippen LogP contribution in [0.1, 0.15) is 65.2 Å². The summed E-state index contributed by atoms with van der Waals surface area (Å²) in [5, 5.41) is 10.4. The summed E-state index contributed by atoms with van der Waals surface area (Å²) < 4.78 is 0. The predicted molar refractivity (Wildman–Crippen MR) is 87.4 cm³/mol. The maximum atomic E-state index is 10.4. The van der Waals surface area contributed by atoms with E-state index in [0.717, 1.165) is 12.5 Å². The van der Waals surface area contributed by atoms with E-state index in [1.165, 1.54) is 71.1 Å². The molecule has 1 aliphatic carbocycles. The minimum Gasteiger partial charge on any atom is -0.391 e. The molecule has 2 unspecified atom stereocenters. The minimum absolute atomic E-state index is 0.0930. The van der Waals surface area contributed by atoms with Crippen molar-refractivity contribution in [1.82, 2.24) is 9.80 Å². The number of likely N-dealkylation sites (tertiary alicyclic amines) is 2. The molecule has 2 aliphatic heterocycles. The Bertz CT molecular complexity index is 330. The van der Waals surface area contributed by atoms with Crippen LogP contribution in [0.2, 0.25) is 0 Å². The van der Waals surface area contributed by atoms with Crippen molar-refractivity contribution in [3.8, 4) is 0 Å². The monoisotopic (exact) mass is 294 g/mol. The summed E-state index contributed by atoms with van der Waals surface area (Å²) >= 11 is 0. The van der Waals surface area contributed by atoms with E-state index < -0.39 is 0 Å². The first-order valence-electron chi connectivity index (χ1n) is 9.21. The molecule has 0 aromatic carbocycles. The molecule has 0 bridgehead atoms. The van der Waals surface area contributed by atoms with Gasteiger partial charge >= 0.3 is 0 Å². The summed E-state index contributed by atoms with van der Waals surface area (Å²) in [6.45, 7) is 9.77. The van der Waals surface area contributed by atoms with Gasteiger partial charge in [-0.2, -0.15) is 0 Å². The fourth-order valence-corrected chi connectivity index (χ4v) is 4.77. The molecular formula is C18H34N2O. The highest BCUT2D eigenvalue weighted by Gasteiger charge is 2.38. The highest BCUT2D eigenvalue weighted by molar-refractivity contribution is 4.93. The number of nitrogens with zero attached hydrogens (tertiary/aromatic N) is 2. The number of aliphatic hydroxyl groups excluding tert-OH is 1. The lowest BCUT2D eigenvalue weighted by Crippen LogP contribution is -2.54. The van der Waals surface area contributed by atoms with Crippen LogP contribution in [0.5, 0.6) is 0 Å². The molecule has 122 valence electrons. The zero-order valence-corrected chi connectivity index (χ0v) is 14.1. The average molecular weight is 294 g/mol. The van der Waals surface area contributed by atoms with E-state index in [-0.39, 0.29) is 6.10 Å². The van der Waals surface area contributed by atoms with E-state index in [1.807, 2.05) is 0 Å². The Morgan fingerprint density at radius 2 is 1.52 bits per heavy atom. The molecule has 3 heteroatoms. The molecule has 1 saturated carbocycles. The topological polar surface area (TPSA) is 26.7 Å². The van der Waals surface area contributed by atoms with E-state index in [1.54, 1.807) is 0 Å². The predicted octanol–water partition coefficient (Wildman–Crippen LogP) is 2.88. The van der Waals surface area contributed by atoms with Gasteiger partial charge in [0.05, 0.1) is 6.10 Å². The molecule has 0 aromatic heterocycles. The summed E-state index contributed by atoms with van der Waals surface area (Å²) in [5.74, 6) is 0. The third-order valence-corrected chi connectivity index (χ3v) is 6.20. The third kappa shape index (κ3) is 3.80. The van der Waals surface area contributed by atoms with Crippen LogP contribution in [-0.2, 0) is 0 Å². The standard InChI is InChI=1S/C18H34N2O/c1-18(2)9-6-17(21)16(14-18)20-12-7-15(8-13-20)19-10-4-3-5-11-19/h15-17,21H,3-14H2,1-2H3. The van der Waals surface area contributed by atoms with Crippen molar-refractivity contribution in [1.29, 1.82) is 0 Å². The zero-order valence-electron chi connectivity index (χ0n) is 14.1. The normalized spacial score (nSPS) is 36.7. The quantitative estimate of drug-likeness (QED) is 0.848. The van der Waals surface area contributed by atoms with Gasteiger partial charge in [0.25, 0.3) is 0 Å².